The Kier molecular flexibility index (Phi) is 7.95. The molecule has 36 heavy (non-hydrogen) atoms. The first-order chi connectivity index (χ1) is 17.3. The fourth-order valence-electron chi connectivity index (χ4n) is 7.48. The summed E-state index contributed by atoms with van der Waals surface area (Å²) < 4.78 is 6.84. The maximum Gasteiger partial charge on any atom is 0.248 e. The largest absolute Gasteiger partial charge is 0.396 e. The first-order valence-electron chi connectivity index (χ1n) is 13.7. The van der Waals surface area contributed by atoms with Crippen molar-refractivity contribution >= 4 is 17.7 Å². The molecule has 3 saturated heterocycles. The third-order valence-electron chi connectivity index (χ3n) is 9.14. The Bertz CT molecular complexity index is 886. The van der Waals surface area contributed by atoms with Crippen LogP contribution in [0.4, 0.5) is 0 Å². The van der Waals surface area contributed by atoms with E-state index in [1.165, 1.54) is 6.42 Å². The summed E-state index contributed by atoms with van der Waals surface area (Å²) in [5.74, 6) is -1.75. The summed E-state index contributed by atoms with van der Waals surface area (Å²) in [5, 5.41) is 9.57. The zero-order valence-electron chi connectivity index (χ0n) is 22.0. The zero-order chi connectivity index (χ0) is 26.1. The topological polar surface area (TPSA) is 90.4 Å². The van der Waals surface area contributed by atoms with Gasteiger partial charge in [0.25, 0.3) is 0 Å². The predicted octanol–water partition coefficient (Wildman–Crippen LogP) is 2.52. The van der Waals surface area contributed by atoms with E-state index in [9.17, 15) is 19.5 Å². The number of hydrogen-bond acceptors (Lipinski definition) is 5. The summed E-state index contributed by atoms with van der Waals surface area (Å²) in [6, 6.07) is -0.677. The van der Waals surface area contributed by atoms with E-state index in [0.717, 1.165) is 25.7 Å². The Balaban J connectivity index is 1.76. The number of rotatable bonds is 11. The molecule has 1 N–H and O–H groups in total. The number of carbonyl (C=O) groups excluding carboxylic acids is 3. The van der Waals surface area contributed by atoms with Gasteiger partial charge in [-0.3, -0.25) is 14.4 Å². The lowest BCUT2D eigenvalue weighted by Gasteiger charge is -2.40. The number of carbonyl (C=O) groups is 3. The second-order valence-electron chi connectivity index (χ2n) is 11.0. The smallest absolute Gasteiger partial charge is 0.248 e. The van der Waals surface area contributed by atoms with E-state index in [-0.39, 0.29) is 36.9 Å². The van der Waals surface area contributed by atoms with Crippen LogP contribution in [0, 0.1) is 11.8 Å². The van der Waals surface area contributed by atoms with E-state index in [1.54, 1.807) is 29.0 Å². The molecule has 1 spiro atoms. The highest BCUT2D eigenvalue weighted by molar-refractivity contribution is 5.99. The number of aliphatic hydroxyl groups is 1. The molecule has 200 valence electrons. The Morgan fingerprint density at radius 1 is 1.14 bits per heavy atom. The second kappa shape index (κ2) is 10.7. The molecule has 4 rings (SSSR count). The van der Waals surface area contributed by atoms with Crippen molar-refractivity contribution in [3.05, 3.63) is 25.3 Å². The normalized spacial score (nSPS) is 33.5. The predicted molar refractivity (Wildman–Crippen MR) is 137 cm³/mol. The van der Waals surface area contributed by atoms with Gasteiger partial charge in [-0.2, -0.15) is 0 Å². The molecule has 8 nitrogen and oxygen atoms in total. The number of amides is 3. The van der Waals surface area contributed by atoms with Crippen LogP contribution in [0.25, 0.3) is 0 Å². The SMILES string of the molecule is C=CCN(C)C(=O)[C@H]1[C@H]2C(=O)N(CCCO)C(C(=O)N(CC=C)C3CCCCC3)C23CC[C@]1(CC)O3. The van der Waals surface area contributed by atoms with Gasteiger partial charge in [0.05, 0.1) is 17.4 Å². The minimum absolute atomic E-state index is 0.0778. The monoisotopic (exact) mass is 501 g/mol. The Morgan fingerprint density at radius 3 is 2.44 bits per heavy atom. The first kappa shape index (κ1) is 26.9. The molecule has 3 aliphatic heterocycles. The van der Waals surface area contributed by atoms with Crippen molar-refractivity contribution in [3.63, 3.8) is 0 Å². The molecule has 3 amide bonds. The number of nitrogens with zero attached hydrogens (tertiary/aromatic N) is 3. The third-order valence-corrected chi connectivity index (χ3v) is 9.14. The lowest BCUT2D eigenvalue weighted by atomic mass is 9.64. The average Bonchev–Trinajstić information content (AvgIpc) is 3.49. The number of ether oxygens (including phenoxy) is 1. The summed E-state index contributed by atoms with van der Waals surface area (Å²) in [4.78, 5) is 47.4. The summed E-state index contributed by atoms with van der Waals surface area (Å²) in [6.07, 6.45) is 10.9. The van der Waals surface area contributed by atoms with Crippen LogP contribution in [0.1, 0.15) is 64.7 Å². The first-order valence-corrected chi connectivity index (χ1v) is 13.7. The fourth-order valence-corrected chi connectivity index (χ4v) is 7.48. The molecule has 3 heterocycles. The molecule has 5 atom stereocenters. The third kappa shape index (κ3) is 4.10. The molecule has 4 fully saturated rings. The van der Waals surface area contributed by atoms with E-state index in [0.29, 0.717) is 38.8 Å². The fraction of sp³-hybridized carbons (Fsp3) is 0.750. The Hall–Kier alpha value is -2.19. The lowest BCUT2D eigenvalue weighted by molar-refractivity contribution is -0.156. The van der Waals surface area contributed by atoms with E-state index in [1.807, 2.05) is 11.8 Å². The standard InChI is InChI=1S/C28H43N3O5/c1-5-16-29(4)24(33)21-22-25(34)31(18-11-19-32)23(28(22)15-14-27(21,7-3)36-28)26(35)30(17-6-2)20-12-9-8-10-13-20/h5-6,20-23,32H,1-2,7-19H2,3-4H3/t21-,22+,23?,27+,28?/m1/s1. The van der Waals surface area contributed by atoms with Crippen LogP contribution in [0.3, 0.4) is 0 Å². The summed E-state index contributed by atoms with van der Waals surface area (Å²) in [5.41, 5.74) is -1.77. The van der Waals surface area contributed by atoms with Gasteiger partial charge in [-0.25, -0.2) is 0 Å². The van der Waals surface area contributed by atoms with Crippen molar-refractivity contribution in [2.24, 2.45) is 11.8 Å². The lowest BCUT2D eigenvalue weighted by Crippen LogP contribution is -2.58. The van der Waals surface area contributed by atoms with E-state index in [2.05, 4.69) is 13.2 Å². The van der Waals surface area contributed by atoms with Gasteiger partial charge >= 0.3 is 0 Å². The number of hydrogen-bond donors (Lipinski definition) is 1. The number of likely N-dealkylation sites (N-methyl/N-ethyl adjacent to an activating group) is 1. The molecular formula is C28H43N3O5. The van der Waals surface area contributed by atoms with Crippen LogP contribution >= 0.6 is 0 Å². The van der Waals surface area contributed by atoms with Crippen molar-refractivity contribution < 1.29 is 24.2 Å². The second-order valence-corrected chi connectivity index (χ2v) is 11.0. The molecule has 2 bridgehead atoms. The summed E-state index contributed by atoms with van der Waals surface area (Å²) >= 11 is 0. The molecule has 0 aromatic rings. The van der Waals surface area contributed by atoms with Gasteiger partial charge in [0.1, 0.15) is 11.6 Å². The van der Waals surface area contributed by atoms with Crippen LogP contribution in [0.5, 0.6) is 0 Å². The summed E-state index contributed by atoms with van der Waals surface area (Å²) in [6.45, 7) is 10.7. The van der Waals surface area contributed by atoms with Crippen molar-refractivity contribution in [1.82, 2.24) is 14.7 Å². The average molecular weight is 502 g/mol. The van der Waals surface area contributed by atoms with Gasteiger partial charge < -0.3 is 24.5 Å². The number of fused-ring (bicyclic) bond motifs is 1. The maximum absolute atomic E-state index is 14.4. The van der Waals surface area contributed by atoms with E-state index in [4.69, 9.17) is 4.74 Å². The number of aliphatic hydroxyl groups excluding tert-OH is 1. The molecule has 0 aromatic heterocycles. The highest BCUT2D eigenvalue weighted by Gasteiger charge is 2.79. The number of likely N-dealkylation sites (tertiary alicyclic amines) is 1. The Labute approximate surface area is 215 Å². The van der Waals surface area contributed by atoms with Crippen molar-refractivity contribution in [2.45, 2.75) is 88.0 Å². The van der Waals surface area contributed by atoms with Crippen LogP contribution in [-0.4, -0.2) is 94.1 Å². The van der Waals surface area contributed by atoms with Crippen LogP contribution < -0.4 is 0 Å². The van der Waals surface area contributed by atoms with Crippen LogP contribution in [0.15, 0.2) is 25.3 Å². The molecule has 4 aliphatic rings. The molecule has 2 unspecified atom stereocenters. The highest BCUT2D eigenvalue weighted by atomic mass is 16.5. The van der Waals surface area contributed by atoms with Gasteiger partial charge in [-0.1, -0.05) is 38.3 Å². The van der Waals surface area contributed by atoms with Gasteiger partial charge in [-0.15, -0.1) is 13.2 Å². The molecule has 0 aromatic carbocycles. The van der Waals surface area contributed by atoms with Gasteiger partial charge in [0, 0.05) is 39.3 Å². The quantitative estimate of drug-likeness (QED) is 0.440. The summed E-state index contributed by atoms with van der Waals surface area (Å²) in [7, 11) is 1.73. The molecular weight excluding hydrogens is 458 g/mol. The van der Waals surface area contributed by atoms with Crippen molar-refractivity contribution in [1.29, 1.82) is 0 Å². The van der Waals surface area contributed by atoms with E-state index >= 15 is 0 Å². The molecule has 1 saturated carbocycles. The Morgan fingerprint density at radius 2 is 1.83 bits per heavy atom. The highest BCUT2D eigenvalue weighted by Crippen LogP contribution is 2.64. The van der Waals surface area contributed by atoms with Crippen LogP contribution in [-0.2, 0) is 19.1 Å². The van der Waals surface area contributed by atoms with Gasteiger partial charge in [-0.05, 0) is 38.5 Å². The van der Waals surface area contributed by atoms with Crippen LogP contribution in [0.2, 0.25) is 0 Å². The van der Waals surface area contributed by atoms with Gasteiger partial charge in [0.15, 0.2) is 0 Å². The van der Waals surface area contributed by atoms with E-state index < -0.39 is 29.1 Å². The molecule has 1 aliphatic carbocycles. The molecule has 8 heteroatoms. The van der Waals surface area contributed by atoms with Crippen molar-refractivity contribution in [3.8, 4) is 0 Å². The minimum atomic E-state index is -1.02. The zero-order valence-corrected chi connectivity index (χ0v) is 22.0. The van der Waals surface area contributed by atoms with Gasteiger partial charge in [0.2, 0.25) is 17.7 Å². The minimum Gasteiger partial charge on any atom is -0.396 e. The maximum atomic E-state index is 14.4. The van der Waals surface area contributed by atoms with Crippen molar-refractivity contribution in [2.75, 3.05) is 33.3 Å². The molecule has 0 radical (unpaired) electrons.